The molecule has 0 saturated carbocycles. The summed E-state index contributed by atoms with van der Waals surface area (Å²) >= 11 is 0. The highest BCUT2D eigenvalue weighted by atomic mass is 19.4. The summed E-state index contributed by atoms with van der Waals surface area (Å²) in [6.45, 7) is 0.336. The number of rotatable bonds is 3. The van der Waals surface area contributed by atoms with Crippen molar-refractivity contribution < 1.29 is 13.2 Å². The molecular formula is C16H11F3N4. The first-order chi connectivity index (χ1) is 11.0. The van der Waals surface area contributed by atoms with Gasteiger partial charge in [-0.25, -0.2) is 4.98 Å². The van der Waals surface area contributed by atoms with Crippen LogP contribution in [0.5, 0.6) is 0 Å². The molecule has 0 aliphatic carbocycles. The molecule has 0 saturated heterocycles. The average molecular weight is 316 g/mol. The van der Waals surface area contributed by atoms with Gasteiger partial charge in [0.15, 0.2) is 0 Å². The van der Waals surface area contributed by atoms with E-state index in [-0.39, 0.29) is 0 Å². The Morgan fingerprint density at radius 3 is 2.52 bits per heavy atom. The van der Waals surface area contributed by atoms with Crippen LogP contribution in [0.4, 0.5) is 19.1 Å². The summed E-state index contributed by atoms with van der Waals surface area (Å²) in [4.78, 5) is 7.33. The van der Waals surface area contributed by atoms with Crippen LogP contribution in [0.15, 0.2) is 42.5 Å². The minimum Gasteiger partial charge on any atom is -0.352 e. The molecule has 23 heavy (non-hydrogen) atoms. The van der Waals surface area contributed by atoms with Crippen LogP contribution in [0.2, 0.25) is 0 Å². The zero-order valence-electron chi connectivity index (χ0n) is 11.8. The minimum atomic E-state index is -4.33. The summed E-state index contributed by atoms with van der Waals surface area (Å²) in [6, 6.07) is 12.1. The van der Waals surface area contributed by atoms with Crippen molar-refractivity contribution in [1.82, 2.24) is 9.97 Å². The van der Waals surface area contributed by atoms with Crippen LogP contribution < -0.4 is 5.32 Å². The number of H-pyrrole nitrogens is 1. The number of fused-ring (bicyclic) bond motifs is 1. The summed E-state index contributed by atoms with van der Waals surface area (Å²) in [6.07, 6.45) is -4.33. The number of imidazole rings is 1. The van der Waals surface area contributed by atoms with Gasteiger partial charge in [0.25, 0.3) is 0 Å². The highest BCUT2D eigenvalue weighted by Gasteiger charge is 2.29. The zero-order valence-corrected chi connectivity index (χ0v) is 11.8. The summed E-state index contributed by atoms with van der Waals surface area (Å²) in [5.41, 5.74) is 1.98. The predicted octanol–water partition coefficient (Wildman–Crippen LogP) is 4.07. The molecule has 3 rings (SSSR count). The lowest BCUT2D eigenvalue weighted by molar-refractivity contribution is -0.137. The van der Waals surface area contributed by atoms with Gasteiger partial charge >= 0.3 is 6.18 Å². The molecule has 0 bridgehead atoms. The Morgan fingerprint density at radius 1 is 1.13 bits per heavy atom. The molecule has 1 aromatic heterocycles. The molecule has 3 aromatic rings. The maximum atomic E-state index is 12.5. The van der Waals surface area contributed by atoms with Gasteiger partial charge in [0.2, 0.25) is 5.95 Å². The van der Waals surface area contributed by atoms with E-state index >= 15 is 0 Å². The van der Waals surface area contributed by atoms with E-state index in [0.717, 1.165) is 17.6 Å². The molecule has 0 unspecified atom stereocenters. The van der Waals surface area contributed by atoms with E-state index < -0.39 is 11.7 Å². The molecule has 4 nitrogen and oxygen atoms in total. The summed E-state index contributed by atoms with van der Waals surface area (Å²) in [7, 11) is 0. The molecule has 1 heterocycles. The third-order valence-electron chi connectivity index (χ3n) is 3.35. The molecule has 2 aromatic carbocycles. The molecule has 0 atom stereocenters. The SMILES string of the molecule is N#Cc1ccc2nc(NCc3ccc(C(F)(F)F)cc3)[nH]c2c1. The normalized spacial score (nSPS) is 11.4. The quantitative estimate of drug-likeness (QED) is 0.765. The maximum Gasteiger partial charge on any atom is 0.416 e. The van der Waals surface area contributed by atoms with Gasteiger partial charge in [0.05, 0.1) is 28.2 Å². The van der Waals surface area contributed by atoms with Gasteiger partial charge in [-0.05, 0) is 35.9 Å². The lowest BCUT2D eigenvalue weighted by Crippen LogP contribution is -2.06. The lowest BCUT2D eigenvalue weighted by atomic mass is 10.1. The standard InChI is InChI=1S/C16H11F3N4/c17-16(18,19)12-4-1-10(2-5-12)9-21-15-22-13-6-3-11(8-20)7-14(13)23-15/h1-7H,9H2,(H2,21,22,23). The fourth-order valence-electron chi connectivity index (χ4n) is 2.16. The predicted molar refractivity (Wildman–Crippen MR) is 79.6 cm³/mol. The van der Waals surface area contributed by atoms with Crippen LogP contribution in [0, 0.1) is 11.3 Å². The second-order valence-electron chi connectivity index (χ2n) is 4.98. The first kappa shape index (κ1) is 14.9. The molecule has 0 aliphatic heterocycles. The minimum absolute atomic E-state index is 0.336. The van der Waals surface area contributed by atoms with Crippen molar-refractivity contribution in [2.75, 3.05) is 5.32 Å². The fourth-order valence-corrected chi connectivity index (χ4v) is 2.16. The van der Waals surface area contributed by atoms with Crippen molar-refractivity contribution in [3.63, 3.8) is 0 Å². The summed E-state index contributed by atoms with van der Waals surface area (Å²) in [5.74, 6) is 0.495. The van der Waals surface area contributed by atoms with Gasteiger partial charge in [-0.3, -0.25) is 0 Å². The molecule has 7 heteroatoms. The Balaban J connectivity index is 1.72. The van der Waals surface area contributed by atoms with Crippen molar-refractivity contribution in [3.8, 4) is 6.07 Å². The Hall–Kier alpha value is -3.01. The summed E-state index contributed by atoms with van der Waals surface area (Å²) in [5, 5.41) is 11.9. The van der Waals surface area contributed by atoms with Gasteiger partial charge in [-0.15, -0.1) is 0 Å². The molecule has 0 fully saturated rings. The van der Waals surface area contributed by atoms with Gasteiger partial charge < -0.3 is 10.3 Å². The average Bonchev–Trinajstić information content (AvgIpc) is 2.94. The number of nitrogens with zero attached hydrogens (tertiary/aromatic N) is 2. The van der Waals surface area contributed by atoms with Crippen molar-refractivity contribution >= 4 is 17.0 Å². The van der Waals surface area contributed by atoms with Crippen LogP contribution in [-0.4, -0.2) is 9.97 Å². The van der Waals surface area contributed by atoms with Crippen LogP contribution in [-0.2, 0) is 12.7 Å². The second kappa shape index (κ2) is 5.65. The van der Waals surface area contributed by atoms with Gasteiger partial charge in [-0.2, -0.15) is 18.4 Å². The van der Waals surface area contributed by atoms with Crippen LogP contribution in [0.25, 0.3) is 11.0 Å². The third-order valence-corrected chi connectivity index (χ3v) is 3.35. The molecule has 0 aliphatic rings. The number of nitriles is 1. The number of hydrogen-bond donors (Lipinski definition) is 2. The summed E-state index contributed by atoms with van der Waals surface area (Å²) < 4.78 is 37.5. The Kier molecular flexibility index (Phi) is 3.66. The Labute approximate surface area is 129 Å². The van der Waals surface area contributed by atoms with Crippen molar-refractivity contribution in [3.05, 3.63) is 59.2 Å². The fraction of sp³-hybridized carbons (Fsp3) is 0.125. The van der Waals surface area contributed by atoms with E-state index in [1.165, 1.54) is 12.1 Å². The number of aromatic nitrogens is 2. The molecule has 0 radical (unpaired) electrons. The lowest BCUT2D eigenvalue weighted by Gasteiger charge is -2.08. The Morgan fingerprint density at radius 2 is 1.87 bits per heavy atom. The number of aromatic amines is 1. The first-order valence-corrected chi connectivity index (χ1v) is 6.75. The zero-order chi connectivity index (χ0) is 16.4. The van der Waals surface area contributed by atoms with Crippen molar-refractivity contribution in [1.29, 1.82) is 5.26 Å². The maximum absolute atomic E-state index is 12.5. The van der Waals surface area contributed by atoms with Gasteiger partial charge in [0, 0.05) is 6.54 Å². The van der Waals surface area contributed by atoms with E-state index in [1.54, 1.807) is 18.2 Å². The number of alkyl halides is 3. The smallest absolute Gasteiger partial charge is 0.352 e. The van der Waals surface area contributed by atoms with E-state index in [1.807, 2.05) is 6.07 Å². The first-order valence-electron chi connectivity index (χ1n) is 6.75. The Bertz CT molecular complexity index is 873. The highest BCUT2D eigenvalue weighted by Crippen LogP contribution is 2.29. The number of hydrogen-bond acceptors (Lipinski definition) is 3. The van der Waals surface area contributed by atoms with Crippen LogP contribution in [0.1, 0.15) is 16.7 Å². The van der Waals surface area contributed by atoms with Gasteiger partial charge in [0.1, 0.15) is 0 Å². The van der Waals surface area contributed by atoms with Crippen LogP contribution in [0.3, 0.4) is 0 Å². The number of nitrogens with one attached hydrogen (secondary N) is 2. The van der Waals surface area contributed by atoms with Crippen molar-refractivity contribution in [2.24, 2.45) is 0 Å². The monoisotopic (exact) mass is 316 g/mol. The van der Waals surface area contributed by atoms with E-state index in [2.05, 4.69) is 15.3 Å². The number of benzene rings is 2. The molecule has 0 amide bonds. The van der Waals surface area contributed by atoms with E-state index in [9.17, 15) is 13.2 Å². The molecular weight excluding hydrogens is 305 g/mol. The third kappa shape index (κ3) is 3.26. The van der Waals surface area contributed by atoms with Crippen LogP contribution >= 0.6 is 0 Å². The van der Waals surface area contributed by atoms with E-state index in [4.69, 9.17) is 5.26 Å². The van der Waals surface area contributed by atoms with Crippen molar-refractivity contribution in [2.45, 2.75) is 12.7 Å². The second-order valence-corrected chi connectivity index (χ2v) is 4.98. The largest absolute Gasteiger partial charge is 0.416 e. The number of anilines is 1. The molecule has 2 N–H and O–H groups in total. The van der Waals surface area contributed by atoms with Gasteiger partial charge in [-0.1, -0.05) is 12.1 Å². The molecule has 0 spiro atoms. The molecule has 116 valence electrons. The van der Waals surface area contributed by atoms with E-state index in [0.29, 0.717) is 29.1 Å². The topological polar surface area (TPSA) is 64.5 Å². The highest BCUT2D eigenvalue weighted by molar-refractivity contribution is 5.78. The number of halogens is 3.